The molecule has 110 valence electrons. The monoisotopic (exact) mass is 310 g/mol. The highest BCUT2D eigenvalue weighted by Gasteiger charge is 2.10. The van der Waals surface area contributed by atoms with Gasteiger partial charge in [-0.2, -0.15) is 0 Å². The second-order valence-corrected chi connectivity index (χ2v) is 5.39. The number of hydrogen-bond donors (Lipinski definition) is 1. The Morgan fingerprint density at radius 2 is 2.14 bits per heavy atom. The highest BCUT2D eigenvalue weighted by molar-refractivity contribution is 7.13. The van der Waals surface area contributed by atoms with Gasteiger partial charge in [0.15, 0.2) is 5.82 Å². The van der Waals surface area contributed by atoms with Crippen molar-refractivity contribution in [3.05, 3.63) is 53.7 Å². The number of aliphatic hydroxyl groups excluding tert-OH is 1. The molecule has 22 heavy (non-hydrogen) atoms. The molecule has 0 saturated heterocycles. The van der Waals surface area contributed by atoms with Crippen LogP contribution in [0.25, 0.3) is 16.4 Å². The number of aliphatic hydroxyl groups is 1. The fraction of sp³-hybridized carbons (Fsp3) is 0.118. The van der Waals surface area contributed by atoms with E-state index in [0.29, 0.717) is 0 Å². The molecule has 0 fully saturated rings. The van der Waals surface area contributed by atoms with Crippen molar-refractivity contribution < 1.29 is 9.84 Å². The van der Waals surface area contributed by atoms with E-state index >= 15 is 0 Å². The third kappa shape index (κ3) is 2.89. The van der Waals surface area contributed by atoms with Crippen LogP contribution in [0.5, 0.6) is 5.75 Å². The third-order valence-corrected chi connectivity index (χ3v) is 4.05. The van der Waals surface area contributed by atoms with Gasteiger partial charge in [0.2, 0.25) is 0 Å². The third-order valence-electron chi connectivity index (χ3n) is 3.12. The first-order valence-corrected chi connectivity index (χ1v) is 7.56. The van der Waals surface area contributed by atoms with E-state index in [4.69, 9.17) is 9.84 Å². The molecule has 0 atom stereocenters. The number of thiophene rings is 1. The van der Waals surface area contributed by atoms with Crippen LogP contribution in [0, 0.1) is 11.8 Å². The zero-order chi connectivity index (χ0) is 15.4. The summed E-state index contributed by atoms with van der Waals surface area (Å²) in [5.74, 6) is 7.25. The molecule has 0 spiro atoms. The van der Waals surface area contributed by atoms with E-state index in [-0.39, 0.29) is 6.61 Å². The van der Waals surface area contributed by atoms with Crippen LogP contribution >= 0.6 is 11.3 Å². The summed E-state index contributed by atoms with van der Waals surface area (Å²) in [5.41, 5.74) is 1.91. The quantitative estimate of drug-likeness (QED) is 0.757. The Kier molecular flexibility index (Phi) is 4.24. The lowest BCUT2D eigenvalue weighted by atomic mass is 10.2. The fourth-order valence-electron chi connectivity index (χ4n) is 2.10. The molecule has 1 aromatic carbocycles. The number of benzene rings is 1. The zero-order valence-electron chi connectivity index (χ0n) is 12.0. The average molecular weight is 310 g/mol. The van der Waals surface area contributed by atoms with Crippen LogP contribution in [0.2, 0.25) is 0 Å². The van der Waals surface area contributed by atoms with Gasteiger partial charge in [-0.3, -0.25) is 4.57 Å². The predicted molar refractivity (Wildman–Crippen MR) is 87.4 cm³/mol. The minimum Gasteiger partial charge on any atom is -0.497 e. The molecule has 3 aromatic rings. The highest BCUT2D eigenvalue weighted by atomic mass is 32.1. The van der Waals surface area contributed by atoms with Gasteiger partial charge < -0.3 is 9.84 Å². The minimum absolute atomic E-state index is 0.133. The number of methoxy groups -OCH3 is 1. The average Bonchev–Trinajstić information content (AvgIpc) is 3.21. The minimum atomic E-state index is -0.133. The molecule has 2 heterocycles. The molecular formula is C17H14N2O2S. The molecule has 1 N–H and O–H groups in total. The van der Waals surface area contributed by atoms with Gasteiger partial charge >= 0.3 is 0 Å². The SMILES string of the molecule is COc1ccc(-n2ccnc2-c2cc(C#CCO)cs2)cc1. The van der Waals surface area contributed by atoms with E-state index in [0.717, 1.165) is 27.7 Å². The number of ether oxygens (including phenoxy) is 1. The molecule has 4 nitrogen and oxygen atoms in total. The Balaban J connectivity index is 1.95. The summed E-state index contributed by atoms with van der Waals surface area (Å²) in [6, 6.07) is 9.81. The molecule has 0 unspecified atom stereocenters. The van der Waals surface area contributed by atoms with Crippen LogP contribution in [0.1, 0.15) is 5.56 Å². The van der Waals surface area contributed by atoms with Crippen molar-refractivity contribution in [3.63, 3.8) is 0 Å². The summed E-state index contributed by atoms with van der Waals surface area (Å²) in [6.07, 6.45) is 3.70. The van der Waals surface area contributed by atoms with Crippen LogP contribution < -0.4 is 4.74 Å². The molecule has 0 saturated carbocycles. The number of rotatable bonds is 3. The van der Waals surface area contributed by atoms with Crippen LogP contribution in [0.15, 0.2) is 48.1 Å². The van der Waals surface area contributed by atoms with E-state index in [2.05, 4.69) is 16.8 Å². The first-order chi connectivity index (χ1) is 10.8. The lowest BCUT2D eigenvalue weighted by Gasteiger charge is -2.07. The van der Waals surface area contributed by atoms with Crippen LogP contribution in [0.3, 0.4) is 0 Å². The fourth-order valence-corrected chi connectivity index (χ4v) is 2.93. The Bertz CT molecular complexity index is 822. The molecule has 0 bridgehead atoms. The van der Waals surface area contributed by atoms with E-state index < -0.39 is 0 Å². The van der Waals surface area contributed by atoms with E-state index in [1.807, 2.05) is 46.5 Å². The number of hydrogen-bond acceptors (Lipinski definition) is 4. The molecule has 3 rings (SSSR count). The Morgan fingerprint density at radius 1 is 1.32 bits per heavy atom. The summed E-state index contributed by atoms with van der Waals surface area (Å²) < 4.78 is 7.21. The standard InChI is InChI=1S/C17H14N2O2S/c1-21-15-6-4-14(5-7-15)19-9-8-18-17(19)16-11-13(12-22-16)3-2-10-20/h4-9,11-12,20H,10H2,1H3. The summed E-state index contributed by atoms with van der Waals surface area (Å²) in [6.45, 7) is -0.133. The maximum absolute atomic E-state index is 8.76. The maximum Gasteiger partial charge on any atom is 0.154 e. The molecule has 0 aliphatic rings. The van der Waals surface area contributed by atoms with Crippen molar-refractivity contribution in [1.82, 2.24) is 9.55 Å². The van der Waals surface area contributed by atoms with Crippen LogP contribution in [-0.2, 0) is 0 Å². The molecule has 0 aliphatic heterocycles. The Morgan fingerprint density at radius 3 is 2.86 bits per heavy atom. The molecule has 0 aliphatic carbocycles. The lowest BCUT2D eigenvalue weighted by molar-refractivity contribution is 0.350. The summed E-state index contributed by atoms with van der Waals surface area (Å²) in [7, 11) is 1.65. The topological polar surface area (TPSA) is 47.3 Å². The Hall–Kier alpha value is -2.55. The molecule has 0 amide bonds. The van der Waals surface area contributed by atoms with Crippen molar-refractivity contribution >= 4 is 11.3 Å². The molecule has 2 aromatic heterocycles. The summed E-state index contributed by atoms with van der Waals surface area (Å²) in [5, 5.41) is 10.7. The van der Waals surface area contributed by atoms with Gasteiger partial charge in [0, 0.05) is 29.0 Å². The van der Waals surface area contributed by atoms with Crippen molar-refractivity contribution in [2.24, 2.45) is 0 Å². The maximum atomic E-state index is 8.76. The van der Waals surface area contributed by atoms with Crippen molar-refractivity contribution in [1.29, 1.82) is 0 Å². The van der Waals surface area contributed by atoms with Crippen LogP contribution in [-0.4, -0.2) is 28.4 Å². The van der Waals surface area contributed by atoms with E-state index in [1.54, 1.807) is 24.6 Å². The molecule has 5 heteroatoms. The number of nitrogens with zero attached hydrogens (tertiary/aromatic N) is 2. The van der Waals surface area contributed by atoms with Crippen molar-refractivity contribution in [3.8, 4) is 34.0 Å². The van der Waals surface area contributed by atoms with Crippen molar-refractivity contribution in [2.45, 2.75) is 0 Å². The smallest absolute Gasteiger partial charge is 0.154 e. The Labute approximate surface area is 132 Å². The second-order valence-electron chi connectivity index (χ2n) is 4.48. The number of imidazole rings is 1. The first-order valence-electron chi connectivity index (χ1n) is 6.68. The summed E-state index contributed by atoms with van der Waals surface area (Å²) >= 11 is 1.58. The van der Waals surface area contributed by atoms with E-state index in [9.17, 15) is 0 Å². The van der Waals surface area contributed by atoms with E-state index in [1.165, 1.54) is 0 Å². The highest BCUT2D eigenvalue weighted by Crippen LogP contribution is 2.28. The second kappa shape index (κ2) is 6.48. The van der Waals surface area contributed by atoms with Crippen molar-refractivity contribution in [2.75, 3.05) is 13.7 Å². The van der Waals surface area contributed by atoms with Gasteiger partial charge in [-0.25, -0.2) is 4.98 Å². The van der Waals surface area contributed by atoms with Gasteiger partial charge in [-0.1, -0.05) is 11.8 Å². The predicted octanol–water partition coefficient (Wildman–Crippen LogP) is 2.95. The largest absolute Gasteiger partial charge is 0.497 e. The lowest BCUT2D eigenvalue weighted by Crippen LogP contribution is -1.95. The van der Waals surface area contributed by atoms with Gasteiger partial charge in [0.25, 0.3) is 0 Å². The van der Waals surface area contributed by atoms with Gasteiger partial charge in [-0.15, -0.1) is 11.3 Å². The zero-order valence-corrected chi connectivity index (χ0v) is 12.8. The van der Waals surface area contributed by atoms with Gasteiger partial charge in [0.1, 0.15) is 12.4 Å². The normalized spacial score (nSPS) is 10.1. The van der Waals surface area contributed by atoms with Gasteiger partial charge in [0.05, 0.1) is 12.0 Å². The van der Waals surface area contributed by atoms with Gasteiger partial charge in [-0.05, 0) is 30.3 Å². The molecular weight excluding hydrogens is 296 g/mol. The molecule has 0 radical (unpaired) electrons. The first kappa shape index (κ1) is 14.4. The number of aromatic nitrogens is 2. The van der Waals surface area contributed by atoms with Crippen LogP contribution in [0.4, 0.5) is 0 Å². The summed E-state index contributed by atoms with van der Waals surface area (Å²) in [4.78, 5) is 5.47.